The molecule has 0 aliphatic rings. The second kappa shape index (κ2) is 7.95. The molecule has 0 spiro atoms. The molecule has 4 heteroatoms. The first kappa shape index (κ1) is 20.5. The number of nitrogens with zero attached hydrogens (tertiary/aromatic N) is 1. The molecule has 0 saturated carbocycles. The minimum atomic E-state index is -3.45. The molecule has 2 nitrogen and oxygen atoms in total. The molecule has 32 heavy (non-hydrogen) atoms. The quantitative estimate of drug-likeness (QED) is 0.285. The van der Waals surface area contributed by atoms with Gasteiger partial charge in [-0.15, -0.1) is 0 Å². The first-order valence-electron chi connectivity index (χ1n) is 10.4. The van der Waals surface area contributed by atoms with Crippen LogP contribution in [0.25, 0.3) is 11.0 Å². The molecule has 0 aliphatic carbocycles. The van der Waals surface area contributed by atoms with Crippen molar-refractivity contribution in [3.8, 4) is 6.07 Å². The predicted molar refractivity (Wildman–Crippen MR) is 136 cm³/mol. The number of hydrogen-bond acceptors (Lipinski definition) is 2. The zero-order valence-electron chi connectivity index (χ0n) is 17.4. The van der Waals surface area contributed by atoms with Gasteiger partial charge in [-0.2, -0.15) is 0 Å². The molecular formula is C28H21ClNOP. The Balaban J connectivity index is 1.82. The van der Waals surface area contributed by atoms with Crippen molar-refractivity contribution in [3.63, 3.8) is 0 Å². The Hall–Kier alpha value is -3.37. The average Bonchev–Trinajstić information content (AvgIpc) is 3.26. The van der Waals surface area contributed by atoms with Crippen molar-refractivity contribution in [3.05, 3.63) is 127 Å². The Morgan fingerprint density at radius 1 is 0.688 bits per heavy atom. The zero-order valence-corrected chi connectivity index (χ0v) is 19.0. The van der Waals surface area contributed by atoms with Crippen LogP contribution < -0.4 is 15.9 Å². The summed E-state index contributed by atoms with van der Waals surface area (Å²) >= 11 is 8.11. The van der Waals surface area contributed by atoms with E-state index in [2.05, 4.69) is 48.5 Å². The third-order valence-electron chi connectivity index (χ3n) is 6.04. The monoisotopic (exact) mass is 453 g/mol. The summed E-state index contributed by atoms with van der Waals surface area (Å²) in [7, 11) is 0. The molecule has 1 heterocycles. The number of fused-ring (bicyclic) bond motifs is 1. The van der Waals surface area contributed by atoms with Gasteiger partial charge < -0.3 is 0 Å². The van der Waals surface area contributed by atoms with Crippen molar-refractivity contribution in [1.82, 2.24) is 0 Å². The van der Waals surface area contributed by atoms with Crippen LogP contribution in [0.1, 0.15) is 11.3 Å². The fourth-order valence-electron chi connectivity index (χ4n) is 4.46. The van der Waals surface area contributed by atoms with Crippen LogP contribution in [0.15, 0.2) is 120 Å². The Kier molecular flexibility index (Phi) is 5.10. The SMILES string of the molecule is N#Cc1ccc2cc(CP(Cl)(c3ccccc3)(c3ccccc3)c3ccccc3)oc2c1. The van der Waals surface area contributed by atoms with Crippen molar-refractivity contribution < 1.29 is 4.42 Å². The maximum atomic E-state index is 9.27. The topological polar surface area (TPSA) is 36.9 Å². The molecule has 5 aromatic rings. The second-order valence-electron chi connectivity index (χ2n) is 7.92. The van der Waals surface area contributed by atoms with Crippen molar-refractivity contribution >= 4 is 44.1 Å². The van der Waals surface area contributed by atoms with Crippen LogP contribution in [-0.4, -0.2) is 0 Å². The van der Waals surface area contributed by atoms with Crippen LogP contribution in [0.3, 0.4) is 0 Å². The average molecular weight is 454 g/mol. The van der Waals surface area contributed by atoms with Crippen molar-refractivity contribution in [2.75, 3.05) is 0 Å². The van der Waals surface area contributed by atoms with E-state index in [-0.39, 0.29) is 0 Å². The molecule has 0 aliphatic heterocycles. The van der Waals surface area contributed by atoms with Crippen LogP contribution in [0.4, 0.5) is 0 Å². The first-order chi connectivity index (χ1) is 15.6. The summed E-state index contributed by atoms with van der Waals surface area (Å²) in [5.41, 5.74) is 1.28. The standard InChI is InChI=1S/C28H21ClNOP/c29-32(25-10-4-1-5-11-25,26-12-6-2-7-13-26,27-14-8-3-9-15-27)21-24-19-23-17-16-22(20-30)18-28(23)31-24/h1-19H,21H2. The minimum absolute atomic E-state index is 0.530. The molecule has 0 amide bonds. The van der Waals surface area contributed by atoms with Gasteiger partial charge in [-0.1, -0.05) is 0 Å². The number of furan rings is 1. The maximum absolute atomic E-state index is 9.27. The predicted octanol–water partition coefficient (Wildman–Crippen LogP) is 6.49. The van der Waals surface area contributed by atoms with E-state index in [1.807, 2.05) is 66.7 Å². The number of benzene rings is 4. The van der Waals surface area contributed by atoms with Crippen LogP contribution in [-0.2, 0) is 6.16 Å². The van der Waals surface area contributed by atoms with E-state index >= 15 is 0 Å². The van der Waals surface area contributed by atoms with Crippen molar-refractivity contribution in [1.29, 1.82) is 5.26 Å². The van der Waals surface area contributed by atoms with Crippen LogP contribution >= 0.6 is 17.2 Å². The van der Waals surface area contributed by atoms with E-state index in [0.717, 1.165) is 27.1 Å². The van der Waals surface area contributed by atoms with Gasteiger partial charge >= 0.3 is 193 Å². The van der Waals surface area contributed by atoms with E-state index < -0.39 is 5.96 Å². The first-order valence-corrected chi connectivity index (χ1v) is 13.8. The molecule has 1 aromatic heterocycles. The molecule has 0 saturated heterocycles. The third kappa shape index (κ3) is 3.23. The van der Waals surface area contributed by atoms with Crippen LogP contribution in [0, 0.1) is 11.3 Å². The number of nitriles is 1. The van der Waals surface area contributed by atoms with Gasteiger partial charge in [0.2, 0.25) is 0 Å². The summed E-state index contributed by atoms with van der Waals surface area (Å²) in [5, 5.41) is 13.5. The Morgan fingerprint density at radius 2 is 1.19 bits per heavy atom. The Bertz CT molecular complexity index is 1320. The van der Waals surface area contributed by atoms with Gasteiger partial charge in [-0.3, -0.25) is 0 Å². The summed E-state index contributed by atoms with van der Waals surface area (Å²) in [6.07, 6.45) is 0.530. The molecule has 4 aromatic carbocycles. The van der Waals surface area contributed by atoms with Gasteiger partial charge in [0, 0.05) is 0 Å². The van der Waals surface area contributed by atoms with Gasteiger partial charge in [-0.25, -0.2) is 0 Å². The number of halogens is 1. The normalized spacial score (nSPS) is 12.7. The van der Waals surface area contributed by atoms with E-state index in [1.54, 1.807) is 6.07 Å². The Labute approximate surface area is 192 Å². The number of rotatable bonds is 5. The molecule has 0 unspecified atom stereocenters. The van der Waals surface area contributed by atoms with Crippen LogP contribution in [0.2, 0.25) is 0 Å². The van der Waals surface area contributed by atoms with Gasteiger partial charge in [0.25, 0.3) is 0 Å². The van der Waals surface area contributed by atoms with Crippen LogP contribution in [0.5, 0.6) is 0 Å². The van der Waals surface area contributed by atoms with E-state index in [4.69, 9.17) is 15.7 Å². The summed E-state index contributed by atoms with van der Waals surface area (Å²) in [4.78, 5) is 0. The molecule has 0 N–H and O–H groups in total. The van der Waals surface area contributed by atoms with E-state index in [9.17, 15) is 5.26 Å². The van der Waals surface area contributed by atoms with Gasteiger partial charge in [0.1, 0.15) is 0 Å². The summed E-state index contributed by atoms with van der Waals surface area (Å²) < 4.78 is 6.29. The zero-order chi connectivity index (χ0) is 22.0. The van der Waals surface area contributed by atoms with Gasteiger partial charge in [0.05, 0.1) is 0 Å². The van der Waals surface area contributed by atoms with Gasteiger partial charge in [0.15, 0.2) is 0 Å². The second-order valence-corrected chi connectivity index (χ2v) is 14.4. The molecular weight excluding hydrogens is 433 g/mol. The molecule has 0 radical (unpaired) electrons. The molecule has 0 bridgehead atoms. The number of hydrogen-bond donors (Lipinski definition) is 0. The molecule has 5 rings (SSSR count). The Morgan fingerprint density at radius 3 is 1.66 bits per heavy atom. The summed E-state index contributed by atoms with van der Waals surface area (Å²) in [6.45, 7) is 0. The molecule has 156 valence electrons. The van der Waals surface area contributed by atoms with E-state index in [1.165, 1.54) is 0 Å². The van der Waals surface area contributed by atoms with Gasteiger partial charge in [-0.05, 0) is 0 Å². The molecule has 0 fully saturated rings. The van der Waals surface area contributed by atoms with Crippen molar-refractivity contribution in [2.24, 2.45) is 0 Å². The summed E-state index contributed by atoms with van der Waals surface area (Å²) in [5.74, 6) is -2.65. The third-order valence-corrected chi connectivity index (χ3v) is 13.2. The fraction of sp³-hybridized carbons (Fsp3) is 0.0357. The molecule has 0 atom stereocenters. The van der Waals surface area contributed by atoms with E-state index in [0.29, 0.717) is 17.3 Å². The summed E-state index contributed by atoms with van der Waals surface area (Å²) in [6, 6.07) is 40.8. The van der Waals surface area contributed by atoms with Crippen molar-refractivity contribution in [2.45, 2.75) is 6.16 Å². The fourth-order valence-corrected chi connectivity index (χ4v) is 10.4.